The third kappa shape index (κ3) is 5.59. The van der Waals surface area contributed by atoms with Crippen molar-refractivity contribution >= 4 is 17.8 Å². The average Bonchev–Trinajstić information content (AvgIpc) is 2.61. The van der Waals surface area contributed by atoms with Crippen LogP contribution in [-0.2, 0) is 0 Å². The number of rotatable bonds is 9. The van der Waals surface area contributed by atoms with Gasteiger partial charge in [0.15, 0.2) is 0 Å². The first-order valence-corrected chi connectivity index (χ1v) is 8.92. The molecular formula is C22H29N. The molecule has 0 bridgehead atoms. The molecule has 0 heterocycles. The van der Waals surface area contributed by atoms with E-state index in [4.69, 9.17) is 0 Å². The second kappa shape index (κ2) is 9.89. The van der Waals surface area contributed by atoms with E-state index >= 15 is 0 Å². The summed E-state index contributed by atoms with van der Waals surface area (Å²) in [5.41, 5.74) is 3.92. The van der Waals surface area contributed by atoms with E-state index in [1.807, 2.05) is 0 Å². The van der Waals surface area contributed by atoms with Crippen molar-refractivity contribution < 1.29 is 0 Å². The molecule has 0 aromatic heterocycles. The van der Waals surface area contributed by atoms with Gasteiger partial charge in [-0.05, 0) is 30.0 Å². The average molecular weight is 307 g/mol. The van der Waals surface area contributed by atoms with E-state index in [0.29, 0.717) is 0 Å². The normalized spacial score (nSPS) is 11.0. The van der Waals surface area contributed by atoms with Gasteiger partial charge in [0, 0.05) is 18.8 Å². The van der Waals surface area contributed by atoms with E-state index in [0.717, 1.165) is 13.1 Å². The van der Waals surface area contributed by atoms with Crippen molar-refractivity contribution in [2.75, 3.05) is 18.0 Å². The summed E-state index contributed by atoms with van der Waals surface area (Å²) in [6, 6.07) is 19.3. The molecule has 0 amide bonds. The summed E-state index contributed by atoms with van der Waals surface area (Å²) in [4.78, 5) is 2.55. The number of para-hydroxylation sites is 1. The maximum Gasteiger partial charge on any atom is 0.0439 e. The zero-order chi connectivity index (χ0) is 16.3. The van der Waals surface area contributed by atoms with Crippen LogP contribution >= 0.6 is 0 Å². The van der Waals surface area contributed by atoms with Crippen LogP contribution in [0.5, 0.6) is 0 Å². The molecule has 1 nitrogen and oxygen atoms in total. The fraction of sp³-hybridized carbons (Fsp3) is 0.364. The van der Waals surface area contributed by atoms with Crippen LogP contribution in [0.15, 0.2) is 54.6 Å². The highest BCUT2D eigenvalue weighted by atomic mass is 15.1. The summed E-state index contributed by atoms with van der Waals surface area (Å²) in [6.45, 7) is 6.82. The van der Waals surface area contributed by atoms with Crippen LogP contribution in [0.25, 0.3) is 12.2 Å². The summed E-state index contributed by atoms with van der Waals surface area (Å²) in [5, 5.41) is 0. The number of hydrogen-bond donors (Lipinski definition) is 0. The highest BCUT2D eigenvalue weighted by Crippen LogP contribution is 2.23. The molecule has 0 saturated carbocycles. The monoisotopic (exact) mass is 307 g/mol. The Labute approximate surface area is 141 Å². The fourth-order valence-electron chi connectivity index (χ4n) is 2.72. The highest BCUT2D eigenvalue weighted by molar-refractivity contribution is 5.77. The molecule has 0 N–H and O–H groups in total. The first-order valence-electron chi connectivity index (χ1n) is 8.92. The lowest BCUT2D eigenvalue weighted by molar-refractivity contribution is 0.677. The summed E-state index contributed by atoms with van der Waals surface area (Å²) >= 11 is 0. The molecule has 0 spiro atoms. The molecule has 0 saturated heterocycles. The van der Waals surface area contributed by atoms with E-state index in [-0.39, 0.29) is 0 Å². The molecule has 122 valence electrons. The zero-order valence-corrected chi connectivity index (χ0v) is 14.5. The minimum atomic E-state index is 1.15. The van der Waals surface area contributed by atoms with Crippen molar-refractivity contribution in [1.82, 2.24) is 0 Å². The summed E-state index contributed by atoms with van der Waals surface area (Å²) in [6.07, 6.45) is 9.43. The van der Waals surface area contributed by atoms with Crippen LogP contribution in [0.1, 0.15) is 50.7 Å². The number of anilines is 1. The molecule has 0 atom stereocenters. The van der Waals surface area contributed by atoms with Crippen LogP contribution in [-0.4, -0.2) is 13.1 Å². The highest BCUT2D eigenvalue weighted by Gasteiger charge is 2.08. The zero-order valence-electron chi connectivity index (χ0n) is 14.5. The molecular weight excluding hydrogens is 278 g/mol. The Morgan fingerprint density at radius 2 is 1.35 bits per heavy atom. The molecule has 0 radical (unpaired) electrons. The van der Waals surface area contributed by atoms with Gasteiger partial charge >= 0.3 is 0 Å². The minimum Gasteiger partial charge on any atom is -0.371 e. The largest absolute Gasteiger partial charge is 0.371 e. The Balaban J connectivity index is 2.21. The Hall–Kier alpha value is -2.02. The molecule has 23 heavy (non-hydrogen) atoms. The lowest BCUT2D eigenvalue weighted by Gasteiger charge is -2.26. The van der Waals surface area contributed by atoms with Gasteiger partial charge in [-0.2, -0.15) is 0 Å². The van der Waals surface area contributed by atoms with Gasteiger partial charge in [0.2, 0.25) is 0 Å². The predicted octanol–water partition coefficient (Wildman–Crippen LogP) is 6.26. The van der Waals surface area contributed by atoms with E-state index < -0.39 is 0 Å². The van der Waals surface area contributed by atoms with E-state index in [9.17, 15) is 0 Å². The van der Waals surface area contributed by atoms with E-state index in [1.54, 1.807) is 0 Å². The second-order valence-electron chi connectivity index (χ2n) is 6.00. The predicted molar refractivity (Wildman–Crippen MR) is 104 cm³/mol. The van der Waals surface area contributed by atoms with Gasteiger partial charge in [-0.15, -0.1) is 0 Å². The molecule has 2 aromatic rings. The number of hydrogen-bond acceptors (Lipinski definition) is 1. The lowest BCUT2D eigenvalue weighted by Crippen LogP contribution is -2.26. The Morgan fingerprint density at radius 1 is 0.739 bits per heavy atom. The molecule has 1 heteroatoms. The molecule has 0 aliphatic carbocycles. The van der Waals surface area contributed by atoms with Gasteiger partial charge in [-0.25, -0.2) is 0 Å². The van der Waals surface area contributed by atoms with E-state index in [2.05, 4.69) is 85.5 Å². The van der Waals surface area contributed by atoms with Crippen molar-refractivity contribution in [1.29, 1.82) is 0 Å². The number of benzene rings is 2. The molecule has 0 unspecified atom stereocenters. The van der Waals surface area contributed by atoms with Crippen LogP contribution in [0.4, 0.5) is 5.69 Å². The summed E-state index contributed by atoms with van der Waals surface area (Å²) in [7, 11) is 0. The van der Waals surface area contributed by atoms with Gasteiger partial charge in [0.25, 0.3) is 0 Å². The van der Waals surface area contributed by atoms with Crippen molar-refractivity contribution in [2.24, 2.45) is 0 Å². The Bertz CT molecular complexity index is 578. The van der Waals surface area contributed by atoms with Crippen molar-refractivity contribution in [2.45, 2.75) is 39.5 Å². The molecule has 0 fully saturated rings. The first kappa shape index (κ1) is 17.3. The standard InChI is InChI=1S/C22H29N/c1-3-5-18-23(19-6-4-2)22-15-11-10-14-21(22)17-16-20-12-8-7-9-13-20/h7-17H,3-6,18-19H2,1-2H3/b17-16+. The second-order valence-corrected chi connectivity index (χ2v) is 6.00. The lowest BCUT2D eigenvalue weighted by atomic mass is 10.1. The first-order chi connectivity index (χ1) is 11.3. The van der Waals surface area contributed by atoms with Gasteiger partial charge in [-0.3, -0.25) is 0 Å². The molecule has 2 rings (SSSR count). The van der Waals surface area contributed by atoms with Gasteiger partial charge in [-0.1, -0.05) is 87.4 Å². The SMILES string of the molecule is CCCCN(CCCC)c1ccccc1/C=C/c1ccccc1. The fourth-order valence-corrected chi connectivity index (χ4v) is 2.72. The molecule has 0 aliphatic heterocycles. The third-order valence-electron chi connectivity index (χ3n) is 4.10. The Kier molecular flexibility index (Phi) is 7.45. The van der Waals surface area contributed by atoms with Gasteiger partial charge in [0.1, 0.15) is 0 Å². The maximum atomic E-state index is 2.55. The number of nitrogens with zero attached hydrogens (tertiary/aromatic N) is 1. The molecule has 2 aromatic carbocycles. The smallest absolute Gasteiger partial charge is 0.0439 e. The third-order valence-corrected chi connectivity index (χ3v) is 4.10. The van der Waals surface area contributed by atoms with Crippen molar-refractivity contribution in [3.63, 3.8) is 0 Å². The van der Waals surface area contributed by atoms with Crippen LogP contribution < -0.4 is 4.90 Å². The van der Waals surface area contributed by atoms with Gasteiger partial charge in [0.05, 0.1) is 0 Å². The van der Waals surface area contributed by atoms with Crippen LogP contribution in [0.3, 0.4) is 0 Å². The van der Waals surface area contributed by atoms with Gasteiger partial charge < -0.3 is 4.90 Å². The molecule has 0 aliphatic rings. The van der Waals surface area contributed by atoms with Crippen LogP contribution in [0, 0.1) is 0 Å². The Morgan fingerprint density at radius 3 is 2.00 bits per heavy atom. The van der Waals surface area contributed by atoms with E-state index in [1.165, 1.54) is 42.5 Å². The summed E-state index contributed by atoms with van der Waals surface area (Å²) < 4.78 is 0. The van der Waals surface area contributed by atoms with Crippen molar-refractivity contribution in [3.05, 3.63) is 65.7 Å². The summed E-state index contributed by atoms with van der Waals surface area (Å²) in [5.74, 6) is 0. The maximum absolute atomic E-state index is 2.55. The topological polar surface area (TPSA) is 3.24 Å². The van der Waals surface area contributed by atoms with Crippen molar-refractivity contribution in [3.8, 4) is 0 Å². The van der Waals surface area contributed by atoms with Crippen LogP contribution in [0.2, 0.25) is 0 Å². The quantitative estimate of drug-likeness (QED) is 0.494. The number of unbranched alkanes of at least 4 members (excludes halogenated alkanes) is 2. The minimum absolute atomic E-state index is 1.15.